The first-order valence-corrected chi connectivity index (χ1v) is 5.22. The minimum absolute atomic E-state index is 0.614. The van der Waals surface area contributed by atoms with Gasteiger partial charge in [-0.3, -0.25) is 14.4 Å². The quantitative estimate of drug-likeness (QED) is 0.666. The summed E-state index contributed by atoms with van der Waals surface area (Å²) in [5, 5.41) is 10.5. The Morgan fingerprint density at radius 3 is 2.24 bits per heavy atom. The highest BCUT2D eigenvalue weighted by atomic mass is 35.5. The van der Waals surface area contributed by atoms with Crippen LogP contribution in [0.15, 0.2) is 0 Å². The lowest BCUT2D eigenvalue weighted by Crippen LogP contribution is -2.40. The molecule has 0 aromatic carbocycles. The summed E-state index contributed by atoms with van der Waals surface area (Å²) >= 11 is 5.12. The molecule has 0 saturated carbocycles. The van der Waals surface area contributed by atoms with Crippen molar-refractivity contribution in [1.29, 1.82) is 0 Å². The Bertz CT molecular complexity index is 311. The van der Waals surface area contributed by atoms with Gasteiger partial charge in [-0.1, -0.05) is 0 Å². The molecule has 0 aliphatic rings. The second-order valence-corrected chi connectivity index (χ2v) is 3.64. The van der Waals surface area contributed by atoms with Gasteiger partial charge in [0.15, 0.2) is 5.78 Å². The van der Waals surface area contributed by atoms with Gasteiger partial charge in [-0.15, -0.1) is 11.6 Å². The van der Waals surface area contributed by atoms with Crippen molar-refractivity contribution in [3.63, 3.8) is 0 Å². The molecule has 2 atom stereocenters. The Morgan fingerprint density at radius 1 is 1.35 bits per heavy atom. The summed E-state index contributed by atoms with van der Waals surface area (Å²) < 4.78 is 24.8. The number of carbonyl (C=O) groups is 3. The van der Waals surface area contributed by atoms with Gasteiger partial charge < -0.3 is 10.4 Å². The third-order valence-corrected chi connectivity index (χ3v) is 2.27. The van der Waals surface area contributed by atoms with Crippen molar-refractivity contribution in [2.75, 3.05) is 5.88 Å². The first kappa shape index (κ1) is 15.8. The molecule has 0 radical (unpaired) electrons. The van der Waals surface area contributed by atoms with Crippen LogP contribution in [0.4, 0.5) is 8.78 Å². The van der Waals surface area contributed by atoms with Crippen LogP contribution in [0.1, 0.15) is 13.3 Å². The normalized spacial score (nSPS) is 14.2. The van der Waals surface area contributed by atoms with Gasteiger partial charge in [0.2, 0.25) is 12.3 Å². The number of hydrogen-bond acceptors (Lipinski definition) is 3. The van der Waals surface area contributed by atoms with Crippen molar-refractivity contribution in [2.24, 2.45) is 5.92 Å². The molecule has 0 fully saturated rings. The summed E-state index contributed by atoms with van der Waals surface area (Å²) in [6.07, 6.45) is -3.78. The second-order valence-electron chi connectivity index (χ2n) is 3.37. The maximum Gasteiger partial charge on any atom is 0.325 e. The number of Topliss-reactive ketones (excluding diaryl/α,β-unsaturated/α-hetero) is 1. The summed E-state index contributed by atoms with van der Waals surface area (Å²) in [5.74, 6) is -5.58. The number of hydrogen-bond donors (Lipinski definition) is 2. The summed E-state index contributed by atoms with van der Waals surface area (Å²) in [7, 11) is 0. The van der Waals surface area contributed by atoms with Crippen molar-refractivity contribution in [1.82, 2.24) is 5.32 Å². The maximum atomic E-state index is 12.4. The molecule has 0 saturated heterocycles. The molecule has 0 spiro atoms. The Morgan fingerprint density at radius 2 is 1.88 bits per heavy atom. The average Bonchev–Trinajstić information content (AvgIpc) is 2.24. The van der Waals surface area contributed by atoms with E-state index in [0.717, 1.165) is 0 Å². The zero-order valence-corrected chi connectivity index (χ0v) is 9.71. The van der Waals surface area contributed by atoms with E-state index >= 15 is 0 Å². The van der Waals surface area contributed by atoms with E-state index < -0.39 is 48.3 Å². The number of aliphatic carboxylic acids is 1. The van der Waals surface area contributed by atoms with Gasteiger partial charge in [-0.2, -0.15) is 0 Å². The zero-order valence-electron chi connectivity index (χ0n) is 8.95. The first-order chi connectivity index (χ1) is 7.79. The smallest absolute Gasteiger partial charge is 0.325 e. The number of alkyl halides is 3. The standard InChI is InChI=1S/C9H12ClF2NO4/c1-4(9(16)17)13-7(15)2-5(8(11)12)6(14)3-10/h4-5,8H,2-3H2,1H3,(H,13,15)(H,16,17)/t4-,5?/m0/s1. The highest BCUT2D eigenvalue weighted by molar-refractivity contribution is 6.28. The topological polar surface area (TPSA) is 83.5 Å². The van der Waals surface area contributed by atoms with Crippen LogP contribution >= 0.6 is 11.6 Å². The monoisotopic (exact) mass is 271 g/mol. The lowest BCUT2D eigenvalue weighted by Gasteiger charge is -2.14. The molecule has 98 valence electrons. The van der Waals surface area contributed by atoms with Crippen molar-refractivity contribution < 1.29 is 28.3 Å². The molecule has 0 aromatic heterocycles. The molecule has 0 rings (SSSR count). The first-order valence-electron chi connectivity index (χ1n) is 4.68. The lowest BCUT2D eigenvalue weighted by atomic mass is 10.0. The Kier molecular flexibility index (Phi) is 6.64. The van der Waals surface area contributed by atoms with Crippen LogP contribution in [-0.2, 0) is 14.4 Å². The van der Waals surface area contributed by atoms with Gasteiger partial charge >= 0.3 is 5.97 Å². The molecule has 17 heavy (non-hydrogen) atoms. The molecular formula is C9H12ClF2NO4. The molecule has 8 heteroatoms. The highest BCUT2D eigenvalue weighted by Crippen LogP contribution is 2.16. The molecule has 0 aliphatic carbocycles. The fourth-order valence-corrected chi connectivity index (χ4v) is 1.20. The Hall–Kier alpha value is -1.24. The number of carboxylic acids is 1. The van der Waals surface area contributed by atoms with Crippen LogP contribution in [0.5, 0.6) is 0 Å². The van der Waals surface area contributed by atoms with Gasteiger partial charge in [0.05, 0.1) is 11.8 Å². The number of ketones is 1. The Labute approximate surface area is 101 Å². The number of amides is 1. The molecule has 0 aromatic rings. The number of nitrogens with one attached hydrogen (secondary N) is 1. The van der Waals surface area contributed by atoms with E-state index in [0.29, 0.717) is 0 Å². The Balaban J connectivity index is 4.42. The number of rotatable bonds is 7. The third kappa shape index (κ3) is 5.58. The van der Waals surface area contributed by atoms with Gasteiger partial charge in [0.1, 0.15) is 6.04 Å². The highest BCUT2D eigenvalue weighted by Gasteiger charge is 2.30. The van der Waals surface area contributed by atoms with Gasteiger partial charge in [0, 0.05) is 6.42 Å². The zero-order chi connectivity index (χ0) is 13.6. The van der Waals surface area contributed by atoms with Crippen LogP contribution in [0.25, 0.3) is 0 Å². The van der Waals surface area contributed by atoms with Crippen molar-refractivity contribution in [3.8, 4) is 0 Å². The van der Waals surface area contributed by atoms with E-state index in [4.69, 9.17) is 16.7 Å². The molecule has 2 N–H and O–H groups in total. The molecular weight excluding hydrogens is 260 g/mol. The van der Waals surface area contributed by atoms with Crippen LogP contribution in [0.2, 0.25) is 0 Å². The van der Waals surface area contributed by atoms with E-state index in [1.54, 1.807) is 0 Å². The molecule has 0 heterocycles. The number of halogens is 3. The minimum atomic E-state index is -3.01. The van der Waals surface area contributed by atoms with Crippen molar-refractivity contribution in [3.05, 3.63) is 0 Å². The van der Waals surface area contributed by atoms with E-state index in [2.05, 4.69) is 0 Å². The fourth-order valence-electron chi connectivity index (χ4n) is 1.00. The van der Waals surface area contributed by atoms with Crippen molar-refractivity contribution >= 4 is 29.3 Å². The van der Waals surface area contributed by atoms with E-state index in [1.807, 2.05) is 5.32 Å². The summed E-state index contributed by atoms with van der Waals surface area (Å²) in [5.41, 5.74) is 0. The van der Waals surface area contributed by atoms with E-state index in [9.17, 15) is 23.2 Å². The minimum Gasteiger partial charge on any atom is -0.480 e. The van der Waals surface area contributed by atoms with Gasteiger partial charge in [0.25, 0.3) is 0 Å². The summed E-state index contributed by atoms with van der Waals surface area (Å²) in [4.78, 5) is 32.6. The predicted octanol–water partition coefficient (Wildman–Crippen LogP) is 0.655. The van der Waals surface area contributed by atoms with Crippen molar-refractivity contribution in [2.45, 2.75) is 25.8 Å². The second kappa shape index (κ2) is 7.16. The summed E-state index contributed by atoms with van der Waals surface area (Å²) in [6.45, 7) is 1.18. The predicted molar refractivity (Wildman–Crippen MR) is 55.1 cm³/mol. The molecule has 0 bridgehead atoms. The van der Waals surface area contributed by atoms with Crippen LogP contribution < -0.4 is 5.32 Å². The fraction of sp³-hybridized carbons (Fsp3) is 0.667. The van der Waals surface area contributed by atoms with Crippen LogP contribution in [0.3, 0.4) is 0 Å². The maximum absolute atomic E-state index is 12.4. The summed E-state index contributed by atoms with van der Waals surface area (Å²) in [6, 6.07) is -1.20. The lowest BCUT2D eigenvalue weighted by molar-refractivity contribution is -0.141. The number of carboxylic acid groups (broad SMARTS) is 1. The average molecular weight is 272 g/mol. The van der Waals surface area contributed by atoms with Crippen LogP contribution in [-0.4, -0.2) is 41.1 Å². The molecule has 5 nitrogen and oxygen atoms in total. The third-order valence-electron chi connectivity index (χ3n) is 2.00. The number of carbonyl (C=O) groups excluding carboxylic acids is 2. The SMILES string of the molecule is C[C@H](NC(=O)CC(C(=O)CCl)C(F)F)C(=O)O. The molecule has 1 unspecified atom stereocenters. The molecule has 0 aliphatic heterocycles. The van der Waals surface area contributed by atoms with Crippen LogP contribution in [0, 0.1) is 5.92 Å². The van der Waals surface area contributed by atoms with E-state index in [1.165, 1.54) is 6.92 Å². The van der Waals surface area contributed by atoms with E-state index in [-0.39, 0.29) is 0 Å². The van der Waals surface area contributed by atoms with Gasteiger partial charge in [-0.25, -0.2) is 8.78 Å². The largest absolute Gasteiger partial charge is 0.480 e. The molecule has 1 amide bonds. The van der Waals surface area contributed by atoms with Gasteiger partial charge in [-0.05, 0) is 6.92 Å².